The van der Waals surface area contributed by atoms with Crippen LogP contribution in [0, 0.1) is 0 Å². The maximum atomic E-state index is 11.3. The van der Waals surface area contributed by atoms with Gasteiger partial charge in [0, 0.05) is 6.54 Å². The molecule has 0 aliphatic heterocycles. The first-order chi connectivity index (χ1) is 7.08. The van der Waals surface area contributed by atoms with E-state index >= 15 is 0 Å². The van der Waals surface area contributed by atoms with Crippen molar-refractivity contribution < 1.29 is 19.1 Å². The zero-order valence-corrected chi connectivity index (χ0v) is 10.4. The van der Waals surface area contributed by atoms with Gasteiger partial charge in [0.15, 0.2) is 0 Å². The molecule has 0 radical (unpaired) electrons. The average molecular weight is 232 g/mol. The summed E-state index contributed by atoms with van der Waals surface area (Å²) in [6.07, 6.45) is -0.618. The fourth-order valence-corrected chi connectivity index (χ4v) is 0.875. The highest BCUT2D eigenvalue weighted by atomic mass is 16.6. The zero-order valence-electron chi connectivity index (χ0n) is 10.4. The second-order valence-corrected chi connectivity index (χ2v) is 4.76. The Kier molecular flexibility index (Phi) is 4.74. The SMILES string of the molecule is COC(=O)[C@@](C)(N)CNC(=O)OC(C)(C)C. The van der Waals surface area contributed by atoms with E-state index in [1.165, 1.54) is 14.0 Å². The topological polar surface area (TPSA) is 90.6 Å². The fourth-order valence-electron chi connectivity index (χ4n) is 0.875. The van der Waals surface area contributed by atoms with Gasteiger partial charge in [-0.2, -0.15) is 0 Å². The van der Waals surface area contributed by atoms with Crippen LogP contribution < -0.4 is 11.1 Å². The summed E-state index contributed by atoms with van der Waals surface area (Å²) < 4.78 is 9.48. The van der Waals surface area contributed by atoms with Gasteiger partial charge in [0.25, 0.3) is 0 Å². The zero-order chi connectivity index (χ0) is 13.0. The second kappa shape index (κ2) is 5.16. The molecule has 0 aromatic rings. The predicted octanol–water partition coefficient (Wildman–Crippen LogP) is 0.401. The number of carbonyl (C=O) groups excluding carboxylic acids is 2. The van der Waals surface area contributed by atoms with Crippen LogP contribution in [0.4, 0.5) is 4.79 Å². The fraction of sp³-hybridized carbons (Fsp3) is 0.800. The summed E-state index contributed by atoms with van der Waals surface area (Å²) in [6, 6.07) is 0. The van der Waals surface area contributed by atoms with Gasteiger partial charge in [0.1, 0.15) is 11.1 Å². The van der Waals surface area contributed by atoms with Gasteiger partial charge in [-0.05, 0) is 27.7 Å². The molecular weight excluding hydrogens is 212 g/mol. The summed E-state index contributed by atoms with van der Waals surface area (Å²) in [4.78, 5) is 22.5. The molecule has 0 fully saturated rings. The lowest BCUT2D eigenvalue weighted by molar-refractivity contribution is -0.146. The highest BCUT2D eigenvalue weighted by Crippen LogP contribution is 2.07. The monoisotopic (exact) mass is 232 g/mol. The van der Waals surface area contributed by atoms with Crippen LogP contribution in [0.3, 0.4) is 0 Å². The van der Waals surface area contributed by atoms with Crippen molar-refractivity contribution in [2.24, 2.45) is 5.73 Å². The standard InChI is InChI=1S/C10H20N2O4/c1-9(2,3)16-8(14)12-6-10(4,11)7(13)15-5/h6,11H2,1-5H3,(H,12,14)/t10-/m0/s1. The van der Waals surface area contributed by atoms with E-state index in [0.29, 0.717) is 0 Å². The first-order valence-corrected chi connectivity index (χ1v) is 4.92. The van der Waals surface area contributed by atoms with E-state index < -0.39 is 23.2 Å². The van der Waals surface area contributed by atoms with Crippen molar-refractivity contribution in [3.63, 3.8) is 0 Å². The maximum Gasteiger partial charge on any atom is 0.407 e. The number of hydrogen-bond acceptors (Lipinski definition) is 5. The second-order valence-electron chi connectivity index (χ2n) is 4.76. The highest BCUT2D eigenvalue weighted by molar-refractivity contribution is 5.81. The summed E-state index contributed by atoms with van der Waals surface area (Å²) in [5, 5.41) is 2.41. The molecule has 0 rings (SSSR count). The van der Waals surface area contributed by atoms with E-state index in [0.717, 1.165) is 0 Å². The van der Waals surface area contributed by atoms with E-state index in [2.05, 4.69) is 10.1 Å². The summed E-state index contributed by atoms with van der Waals surface area (Å²) in [7, 11) is 1.24. The Bertz CT molecular complexity index is 268. The molecule has 3 N–H and O–H groups in total. The number of nitrogens with two attached hydrogens (primary N) is 1. The van der Waals surface area contributed by atoms with E-state index in [1.54, 1.807) is 20.8 Å². The van der Waals surface area contributed by atoms with Crippen LogP contribution in [0.2, 0.25) is 0 Å². The lowest BCUT2D eigenvalue weighted by atomic mass is 10.1. The first kappa shape index (κ1) is 14.7. The Morgan fingerprint density at radius 3 is 2.12 bits per heavy atom. The van der Waals surface area contributed by atoms with Gasteiger partial charge < -0.3 is 20.5 Å². The molecule has 0 aliphatic rings. The van der Waals surface area contributed by atoms with Crippen molar-refractivity contribution >= 4 is 12.1 Å². The van der Waals surface area contributed by atoms with Crippen molar-refractivity contribution in [2.75, 3.05) is 13.7 Å². The van der Waals surface area contributed by atoms with Crippen LogP contribution in [0.25, 0.3) is 0 Å². The van der Waals surface area contributed by atoms with Crippen LogP contribution in [-0.4, -0.2) is 36.9 Å². The quantitative estimate of drug-likeness (QED) is 0.687. The predicted molar refractivity (Wildman–Crippen MR) is 58.8 cm³/mol. The van der Waals surface area contributed by atoms with Crippen LogP contribution in [0.5, 0.6) is 0 Å². The summed E-state index contributed by atoms with van der Waals surface area (Å²) in [6.45, 7) is 6.66. The van der Waals surface area contributed by atoms with Crippen molar-refractivity contribution in [3.8, 4) is 0 Å². The largest absolute Gasteiger partial charge is 0.468 e. The first-order valence-electron chi connectivity index (χ1n) is 4.92. The van der Waals surface area contributed by atoms with Gasteiger partial charge >= 0.3 is 12.1 Å². The van der Waals surface area contributed by atoms with E-state index in [4.69, 9.17) is 10.5 Å². The molecule has 6 nitrogen and oxygen atoms in total. The van der Waals surface area contributed by atoms with Gasteiger partial charge in [-0.25, -0.2) is 4.79 Å². The number of esters is 1. The summed E-state index contributed by atoms with van der Waals surface area (Å²) in [5.41, 5.74) is 3.80. The number of carbonyl (C=O) groups is 2. The van der Waals surface area contributed by atoms with Gasteiger partial charge in [-0.1, -0.05) is 0 Å². The minimum atomic E-state index is -1.26. The van der Waals surface area contributed by atoms with E-state index in [1.807, 2.05) is 0 Å². The van der Waals surface area contributed by atoms with Gasteiger partial charge in [-0.3, -0.25) is 4.79 Å². The Hall–Kier alpha value is -1.30. The lowest BCUT2D eigenvalue weighted by Gasteiger charge is -2.24. The number of hydrogen-bond donors (Lipinski definition) is 2. The van der Waals surface area contributed by atoms with Crippen molar-refractivity contribution in [1.29, 1.82) is 0 Å². The third-order valence-corrected chi connectivity index (χ3v) is 1.65. The van der Waals surface area contributed by atoms with Crippen LogP contribution in [0.1, 0.15) is 27.7 Å². The number of rotatable bonds is 3. The van der Waals surface area contributed by atoms with Crippen molar-refractivity contribution in [2.45, 2.75) is 38.8 Å². The third kappa shape index (κ3) is 5.55. The van der Waals surface area contributed by atoms with Crippen molar-refractivity contribution in [1.82, 2.24) is 5.32 Å². The van der Waals surface area contributed by atoms with Crippen LogP contribution in [-0.2, 0) is 14.3 Å². The molecule has 1 atom stereocenters. The smallest absolute Gasteiger partial charge is 0.407 e. The maximum absolute atomic E-state index is 11.3. The molecule has 0 aromatic carbocycles. The van der Waals surface area contributed by atoms with Gasteiger partial charge in [0.2, 0.25) is 0 Å². The van der Waals surface area contributed by atoms with Gasteiger partial charge in [-0.15, -0.1) is 0 Å². The molecule has 0 bridgehead atoms. The molecular formula is C10H20N2O4. The molecule has 6 heteroatoms. The van der Waals surface area contributed by atoms with Gasteiger partial charge in [0.05, 0.1) is 7.11 Å². The minimum absolute atomic E-state index is 0.0470. The van der Waals surface area contributed by atoms with Crippen molar-refractivity contribution in [3.05, 3.63) is 0 Å². The molecule has 16 heavy (non-hydrogen) atoms. The Balaban J connectivity index is 4.15. The summed E-state index contributed by atoms with van der Waals surface area (Å²) in [5.74, 6) is -0.594. The normalized spacial score (nSPS) is 14.9. The molecule has 0 spiro atoms. The van der Waals surface area contributed by atoms with E-state index in [-0.39, 0.29) is 6.54 Å². The highest BCUT2D eigenvalue weighted by Gasteiger charge is 2.30. The number of nitrogens with one attached hydrogen (secondary N) is 1. The Morgan fingerprint density at radius 1 is 1.25 bits per heavy atom. The molecule has 0 heterocycles. The number of ether oxygens (including phenoxy) is 2. The molecule has 0 unspecified atom stereocenters. The minimum Gasteiger partial charge on any atom is -0.468 e. The number of alkyl carbamates (subject to hydrolysis) is 1. The third-order valence-electron chi connectivity index (χ3n) is 1.65. The Morgan fingerprint density at radius 2 is 1.75 bits per heavy atom. The number of amides is 1. The molecule has 0 aliphatic carbocycles. The molecule has 94 valence electrons. The lowest BCUT2D eigenvalue weighted by Crippen LogP contribution is -2.54. The molecule has 0 saturated heterocycles. The number of methoxy groups -OCH3 is 1. The van der Waals surface area contributed by atoms with Crippen LogP contribution in [0.15, 0.2) is 0 Å². The Labute approximate surface area is 95.5 Å². The molecule has 1 amide bonds. The van der Waals surface area contributed by atoms with E-state index in [9.17, 15) is 9.59 Å². The average Bonchev–Trinajstić information content (AvgIpc) is 2.11. The molecule has 0 saturated carbocycles. The summed E-state index contributed by atoms with van der Waals surface area (Å²) >= 11 is 0. The molecule has 0 aromatic heterocycles. The van der Waals surface area contributed by atoms with Crippen LogP contribution >= 0.6 is 0 Å².